The monoisotopic (exact) mass is 610 g/mol. The molecule has 0 fully saturated rings. The lowest BCUT2D eigenvalue weighted by Crippen LogP contribution is -1.85. The molecule has 0 bridgehead atoms. The minimum atomic E-state index is -0.922. The van der Waals surface area contributed by atoms with E-state index in [1.54, 1.807) is 12.2 Å². The number of carboxylic acid groups (broad SMARTS) is 2. The number of carboxylic acids is 2. The molecule has 0 atom stereocenters. The third kappa shape index (κ3) is 46.1. The number of aliphatic carboxylic acids is 2. The van der Waals surface area contributed by atoms with Crippen LogP contribution >= 0.6 is 0 Å². The topological polar surface area (TPSA) is 74.6 Å². The van der Waals surface area contributed by atoms with Crippen molar-refractivity contribution in [3.63, 3.8) is 0 Å². The van der Waals surface area contributed by atoms with Crippen molar-refractivity contribution in [1.82, 2.24) is 0 Å². The van der Waals surface area contributed by atoms with E-state index in [-0.39, 0.29) is 0 Å². The maximum atomic E-state index is 10.3. The van der Waals surface area contributed by atoms with Gasteiger partial charge in [0.05, 0.1) is 0 Å². The van der Waals surface area contributed by atoms with Gasteiger partial charge in [0.2, 0.25) is 0 Å². The Hall–Kier alpha value is -2.88. The Morgan fingerprint density at radius 1 is 0.409 bits per heavy atom. The van der Waals surface area contributed by atoms with Crippen LogP contribution in [0.3, 0.4) is 0 Å². The normalized spacial score (nSPS) is 12.2. The summed E-state index contributed by atoms with van der Waals surface area (Å²) >= 11 is 0. The molecule has 0 aromatic rings. The molecule has 44 heavy (non-hydrogen) atoms. The first-order chi connectivity index (χ1) is 21.5. The van der Waals surface area contributed by atoms with Gasteiger partial charge in [-0.1, -0.05) is 177 Å². The molecule has 0 aromatic heterocycles. The highest BCUT2D eigenvalue weighted by Gasteiger charge is 1.93. The fraction of sp³-hybridized carbons (Fsp3) is 0.600. The molecule has 250 valence electrons. The molecule has 0 aliphatic rings. The Morgan fingerprint density at radius 3 is 1.32 bits per heavy atom. The zero-order valence-electron chi connectivity index (χ0n) is 28.4. The zero-order valence-corrected chi connectivity index (χ0v) is 28.4. The molecule has 0 unspecified atom stereocenters. The summed E-state index contributed by atoms with van der Waals surface area (Å²) in [5.41, 5.74) is 0. The molecular formula is C40H66O4. The molecule has 0 aromatic carbocycles. The minimum absolute atomic E-state index is 0.840. The van der Waals surface area contributed by atoms with Crippen LogP contribution in [0.15, 0.2) is 85.1 Å². The third-order valence-corrected chi connectivity index (χ3v) is 7.00. The van der Waals surface area contributed by atoms with E-state index in [0.29, 0.717) is 0 Å². The largest absolute Gasteiger partial charge is 0.478 e. The lowest BCUT2D eigenvalue weighted by atomic mass is 10.1. The van der Waals surface area contributed by atoms with E-state index in [1.165, 1.54) is 121 Å². The summed E-state index contributed by atoms with van der Waals surface area (Å²) in [6, 6.07) is 0. The van der Waals surface area contributed by atoms with E-state index in [9.17, 15) is 9.59 Å². The smallest absolute Gasteiger partial charge is 0.328 e. The van der Waals surface area contributed by atoms with Gasteiger partial charge in [-0.2, -0.15) is 0 Å². The number of unbranched alkanes of at least 4 members (excludes halogenated alkanes) is 18. The standard InChI is InChI=1S/C20H34O2.C20H32O2/c2*1-2-3-4-5-6-7-8-9-10-11-12-13-14-15-16-17-18-19-20(21)22/h3-4,6-7,18-19H,2,5,8-17H2,1H3,(H,21,22);12-19H,2-11H2,1H3,(H,21,22). The van der Waals surface area contributed by atoms with Crippen molar-refractivity contribution in [2.45, 2.75) is 155 Å². The third-order valence-electron chi connectivity index (χ3n) is 7.00. The summed E-state index contributed by atoms with van der Waals surface area (Å²) in [7, 11) is 0. The van der Waals surface area contributed by atoms with Crippen LogP contribution < -0.4 is 0 Å². The van der Waals surface area contributed by atoms with Gasteiger partial charge in [-0.05, 0) is 51.4 Å². The molecule has 0 rings (SSSR count). The molecule has 0 amide bonds. The molecule has 0 aliphatic carbocycles. The maximum absolute atomic E-state index is 10.3. The first-order valence-corrected chi connectivity index (χ1v) is 17.6. The molecule has 0 saturated carbocycles. The number of carbonyl (C=O) groups is 2. The average molecular weight is 611 g/mol. The number of hydrogen-bond donors (Lipinski definition) is 2. The van der Waals surface area contributed by atoms with E-state index in [1.807, 2.05) is 18.2 Å². The lowest BCUT2D eigenvalue weighted by molar-refractivity contribution is -0.132. The Labute approximate surface area is 271 Å². The second-order valence-electron chi connectivity index (χ2n) is 11.2. The summed E-state index contributed by atoms with van der Waals surface area (Å²) in [5, 5.41) is 16.8. The molecule has 4 nitrogen and oxygen atoms in total. The van der Waals surface area contributed by atoms with Crippen LogP contribution in [0, 0.1) is 0 Å². The SMILES string of the molecule is CCC=CCC=CCCCCCCCCCCC=CC(=O)O.CCCCCCCCCCCC=CC=CC=CC=CC(=O)O. The van der Waals surface area contributed by atoms with Gasteiger partial charge in [0.1, 0.15) is 0 Å². The second kappa shape index (κ2) is 40.1. The molecule has 2 N–H and O–H groups in total. The van der Waals surface area contributed by atoms with E-state index >= 15 is 0 Å². The molecular weight excluding hydrogens is 544 g/mol. The second-order valence-corrected chi connectivity index (χ2v) is 11.2. The van der Waals surface area contributed by atoms with Crippen molar-refractivity contribution >= 4 is 11.9 Å². The molecule has 0 aliphatic heterocycles. The average Bonchev–Trinajstić information content (AvgIpc) is 3.00. The number of allylic oxidation sites excluding steroid dienone is 12. The molecule has 0 saturated heterocycles. The highest BCUT2D eigenvalue weighted by Crippen LogP contribution is 2.12. The Balaban J connectivity index is 0. The van der Waals surface area contributed by atoms with Gasteiger partial charge in [-0.3, -0.25) is 0 Å². The first kappa shape index (κ1) is 43.2. The predicted octanol–water partition coefficient (Wildman–Crippen LogP) is 12.7. The highest BCUT2D eigenvalue weighted by atomic mass is 16.4. The van der Waals surface area contributed by atoms with Crippen LogP contribution in [-0.2, 0) is 9.59 Å². The highest BCUT2D eigenvalue weighted by molar-refractivity contribution is 5.80. The first-order valence-electron chi connectivity index (χ1n) is 17.6. The van der Waals surface area contributed by atoms with Gasteiger partial charge >= 0.3 is 11.9 Å². The van der Waals surface area contributed by atoms with Gasteiger partial charge in [0.25, 0.3) is 0 Å². The fourth-order valence-electron chi connectivity index (χ4n) is 4.47. The Kier molecular flexibility index (Phi) is 39.4. The predicted molar refractivity (Wildman–Crippen MR) is 192 cm³/mol. The van der Waals surface area contributed by atoms with E-state index in [4.69, 9.17) is 10.2 Å². The minimum Gasteiger partial charge on any atom is -0.478 e. The fourth-order valence-corrected chi connectivity index (χ4v) is 4.47. The molecule has 0 heterocycles. The number of hydrogen-bond acceptors (Lipinski definition) is 2. The Bertz CT molecular complexity index is 826. The summed E-state index contributed by atoms with van der Waals surface area (Å²) in [6.07, 6.45) is 54.4. The molecule has 0 spiro atoms. The lowest BCUT2D eigenvalue weighted by Gasteiger charge is -2.00. The quantitative estimate of drug-likeness (QED) is 0.0382. The van der Waals surface area contributed by atoms with Crippen LogP contribution in [0.4, 0.5) is 0 Å². The van der Waals surface area contributed by atoms with E-state index < -0.39 is 11.9 Å². The van der Waals surface area contributed by atoms with Gasteiger partial charge in [-0.25, -0.2) is 9.59 Å². The van der Waals surface area contributed by atoms with Gasteiger partial charge in [-0.15, -0.1) is 0 Å². The van der Waals surface area contributed by atoms with E-state index in [0.717, 1.165) is 38.2 Å². The van der Waals surface area contributed by atoms with Crippen LogP contribution in [0.2, 0.25) is 0 Å². The zero-order chi connectivity index (χ0) is 32.6. The van der Waals surface area contributed by atoms with Gasteiger partial charge in [0, 0.05) is 12.2 Å². The van der Waals surface area contributed by atoms with Gasteiger partial charge < -0.3 is 10.2 Å². The van der Waals surface area contributed by atoms with Gasteiger partial charge in [0.15, 0.2) is 0 Å². The molecule has 0 radical (unpaired) electrons. The van der Waals surface area contributed by atoms with E-state index in [2.05, 4.69) is 50.3 Å². The number of rotatable bonds is 29. The Morgan fingerprint density at radius 2 is 0.818 bits per heavy atom. The van der Waals surface area contributed by atoms with Crippen molar-refractivity contribution in [3.8, 4) is 0 Å². The van der Waals surface area contributed by atoms with Crippen LogP contribution in [0.5, 0.6) is 0 Å². The summed E-state index contributed by atoms with van der Waals surface area (Å²) in [4.78, 5) is 20.5. The summed E-state index contributed by atoms with van der Waals surface area (Å²) < 4.78 is 0. The maximum Gasteiger partial charge on any atom is 0.328 e. The van der Waals surface area contributed by atoms with Crippen LogP contribution in [0.1, 0.15) is 155 Å². The van der Waals surface area contributed by atoms with Crippen LogP contribution in [0.25, 0.3) is 0 Å². The van der Waals surface area contributed by atoms with Crippen molar-refractivity contribution in [3.05, 3.63) is 85.1 Å². The van der Waals surface area contributed by atoms with Crippen molar-refractivity contribution in [2.24, 2.45) is 0 Å². The van der Waals surface area contributed by atoms with Crippen molar-refractivity contribution < 1.29 is 19.8 Å². The van der Waals surface area contributed by atoms with Crippen LogP contribution in [-0.4, -0.2) is 22.2 Å². The molecule has 4 heteroatoms. The van der Waals surface area contributed by atoms with Crippen molar-refractivity contribution in [2.75, 3.05) is 0 Å². The van der Waals surface area contributed by atoms with Crippen molar-refractivity contribution in [1.29, 1.82) is 0 Å². The summed E-state index contributed by atoms with van der Waals surface area (Å²) in [5.74, 6) is -1.76. The summed E-state index contributed by atoms with van der Waals surface area (Å²) in [6.45, 7) is 4.42.